The monoisotopic (exact) mass is 311 g/mol. The quantitative estimate of drug-likeness (QED) is 0.928. The molecule has 2 aliphatic rings. The van der Waals surface area contributed by atoms with Crippen LogP contribution in [0.3, 0.4) is 0 Å². The summed E-state index contributed by atoms with van der Waals surface area (Å²) in [5.41, 5.74) is 1.11. The van der Waals surface area contributed by atoms with Gasteiger partial charge in [-0.15, -0.1) is 0 Å². The van der Waals surface area contributed by atoms with Crippen LogP contribution < -0.4 is 0 Å². The van der Waals surface area contributed by atoms with Crippen LogP contribution in [0.1, 0.15) is 50.6 Å². The minimum absolute atomic E-state index is 0.128. The summed E-state index contributed by atoms with van der Waals surface area (Å²) in [5, 5.41) is 6.83. The molecule has 0 bridgehead atoms. The van der Waals surface area contributed by atoms with Crippen molar-refractivity contribution >= 4 is 10.0 Å². The van der Waals surface area contributed by atoms with Crippen LogP contribution in [0.15, 0.2) is 12.3 Å². The fourth-order valence-electron chi connectivity index (χ4n) is 3.71. The smallest absolute Gasteiger partial charge is 0.216 e. The molecule has 118 valence electrons. The van der Waals surface area contributed by atoms with Crippen LogP contribution in [0.4, 0.5) is 0 Å². The minimum Gasteiger partial charge on any atom is -0.283 e. The van der Waals surface area contributed by atoms with Crippen molar-refractivity contribution in [3.63, 3.8) is 0 Å². The number of sulfonamides is 1. The first-order chi connectivity index (χ1) is 10.2. The third-order valence-corrected chi connectivity index (χ3v) is 7.25. The highest BCUT2D eigenvalue weighted by Gasteiger charge is 2.35. The number of piperidine rings is 1. The molecule has 0 radical (unpaired) electrons. The van der Waals surface area contributed by atoms with E-state index in [1.54, 1.807) is 10.5 Å². The second-order valence-corrected chi connectivity index (χ2v) is 8.67. The van der Waals surface area contributed by atoms with Crippen molar-refractivity contribution in [2.75, 3.05) is 13.1 Å². The molecule has 3 rings (SSSR count). The molecule has 1 aliphatic heterocycles. The van der Waals surface area contributed by atoms with Crippen molar-refractivity contribution in [1.29, 1.82) is 0 Å². The van der Waals surface area contributed by atoms with Crippen LogP contribution in [-0.2, 0) is 16.4 Å². The SMILES string of the molecule is O=S(=O)(C1CCCCC1)N1CCCC(Cc2ccn[nH]2)C1. The fourth-order valence-corrected chi connectivity index (χ4v) is 5.86. The molecule has 6 heteroatoms. The lowest BCUT2D eigenvalue weighted by Gasteiger charge is -2.35. The Morgan fingerprint density at radius 2 is 2.00 bits per heavy atom. The van der Waals surface area contributed by atoms with E-state index in [4.69, 9.17) is 0 Å². The predicted octanol–water partition coefficient (Wildman–Crippen LogP) is 2.33. The van der Waals surface area contributed by atoms with Gasteiger partial charge in [0.2, 0.25) is 10.0 Å². The van der Waals surface area contributed by atoms with Gasteiger partial charge in [-0.1, -0.05) is 19.3 Å². The average Bonchev–Trinajstić information content (AvgIpc) is 3.01. The zero-order valence-electron chi connectivity index (χ0n) is 12.5. The molecule has 21 heavy (non-hydrogen) atoms. The lowest BCUT2D eigenvalue weighted by molar-refractivity contribution is 0.259. The van der Waals surface area contributed by atoms with E-state index < -0.39 is 10.0 Å². The molecular formula is C15H25N3O2S. The topological polar surface area (TPSA) is 66.1 Å². The summed E-state index contributed by atoms with van der Waals surface area (Å²) in [6.07, 6.45) is 9.76. The number of rotatable bonds is 4. The van der Waals surface area contributed by atoms with E-state index in [1.165, 1.54) is 6.42 Å². The molecule has 1 saturated heterocycles. The highest BCUT2D eigenvalue weighted by atomic mass is 32.2. The van der Waals surface area contributed by atoms with Gasteiger partial charge in [0, 0.05) is 25.0 Å². The standard InChI is InChI=1S/C15H25N3O2S/c19-21(20,15-6-2-1-3-7-15)18-10-4-5-13(12-18)11-14-8-9-16-17-14/h8-9,13,15H,1-7,10-12H2,(H,16,17). The van der Waals surface area contributed by atoms with Gasteiger partial charge in [-0.25, -0.2) is 12.7 Å². The van der Waals surface area contributed by atoms with E-state index in [1.807, 2.05) is 6.07 Å². The predicted molar refractivity (Wildman–Crippen MR) is 82.4 cm³/mol. The first-order valence-corrected chi connectivity index (χ1v) is 9.64. The number of aromatic amines is 1. The maximum atomic E-state index is 12.8. The van der Waals surface area contributed by atoms with Gasteiger partial charge >= 0.3 is 0 Å². The Bertz CT molecular complexity index is 535. The number of H-pyrrole nitrogens is 1. The summed E-state index contributed by atoms with van der Waals surface area (Å²) in [6, 6.07) is 1.98. The molecule has 1 unspecified atom stereocenters. The van der Waals surface area contributed by atoms with E-state index in [-0.39, 0.29) is 5.25 Å². The number of hydrogen-bond donors (Lipinski definition) is 1. The normalized spacial score (nSPS) is 26.0. The molecule has 1 saturated carbocycles. The average molecular weight is 311 g/mol. The molecule has 0 spiro atoms. The van der Waals surface area contributed by atoms with Crippen LogP contribution in [0.2, 0.25) is 0 Å². The zero-order valence-corrected chi connectivity index (χ0v) is 13.3. The summed E-state index contributed by atoms with van der Waals surface area (Å²) in [7, 11) is -3.09. The second kappa shape index (κ2) is 6.48. The van der Waals surface area contributed by atoms with Crippen LogP contribution >= 0.6 is 0 Å². The summed E-state index contributed by atoms with van der Waals surface area (Å²) < 4.78 is 27.4. The van der Waals surface area contributed by atoms with Gasteiger partial charge in [-0.3, -0.25) is 5.10 Å². The van der Waals surface area contributed by atoms with Gasteiger partial charge < -0.3 is 0 Å². The van der Waals surface area contributed by atoms with E-state index in [0.29, 0.717) is 19.0 Å². The fraction of sp³-hybridized carbons (Fsp3) is 0.800. The third-order valence-electron chi connectivity index (χ3n) is 4.88. The number of nitrogens with one attached hydrogen (secondary N) is 1. The van der Waals surface area contributed by atoms with Crippen molar-refractivity contribution in [1.82, 2.24) is 14.5 Å². The van der Waals surface area contributed by atoms with Gasteiger partial charge in [-0.05, 0) is 44.1 Å². The van der Waals surface area contributed by atoms with Crippen LogP contribution in [0, 0.1) is 5.92 Å². The van der Waals surface area contributed by atoms with E-state index in [2.05, 4.69) is 10.2 Å². The zero-order chi connectivity index (χ0) is 14.7. The molecule has 2 heterocycles. The summed E-state index contributed by atoms with van der Waals surface area (Å²) >= 11 is 0. The van der Waals surface area contributed by atoms with Gasteiger partial charge in [0.15, 0.2) is 0 Å². The molecule has 0 amide bonds. The maximum Gasteiger partial charge on any atom is 0.216 e. The molecular weight excluding hydrogens is 286 g/mol. The summed E-state index contributed by atoms with van der Waals surface area (Å²) in [6.45, 7) is 1.39. The van der Waals surface area contributed by atoms with Gasteiger partial charge in [0.1, 0.15) is 0 Å². The van der Waals surface area contributed by atoms with Crippen molar-refractivity contribution in [2.45, 2.75) is 56.6 Å². The molecule has 1 N–H and O–H groups in total. The summed E-state index contributed by atoms with van der Waals surface area (Å²) in [5.74, 6) is 0.414. The van der Waals surface area contributed by atoms with Crippen LogP contribution in [0.25, 0.3) is 0 Å². The third kappa shape index (κ3) is 3.48. The summed E-state index contributed by atoms with van der Waals surface area (Å²) in [4.78, 5) is 0. The van der Waals surface area contributed by atoms with Crippen molar-refractivity contribution < 1.29 is 8.42 Å². The lowest BCUT2D eigenvalue weighted by Crippen LogP contribution is -2.45. The Kier molecular flexibility index (Phi) is 4.64. The van der Waals surface area contributed by atoms with Gasteiger partial charge in [0.25, 0.3) is 0 Å². The Labute approximate surface area is 127 Å². The molecule has 1 aliphatic carbocycles. The number of aromatic nitrogens is 2. The Balaban J connectivity index is 1.64. The van der Waals surface area contributed by atoms with Crippen molar-refractivity contribution in [3.8, 4) is 0 Å². The molecule has 5 nitrogen and oxygen atoms in total. The Morgan fingerprint density at radius 1 is 1.19 bits per heavy atom. The van der Waals surface area contributed by atoms with Crippen LogP contribution in [0.5, 0.6) is 0 Å². The van der Waals surface area contributed by atoms with Crippen molar-refractivity contribution in [2.24, 2.45) is 5.92 Å². The first kappa shape index (κ1) is 15.0. The van der Waals surface area contributed by atoms with E-state index in [9.17, 15) is 8.42 Å². The first-order valence-electron chi connectivity index (χ1n) is 8.13. The van der Waals surface area contributed by atoms with Crippen LogP contribution in [-0.4, -0.2) is 41.3 Å². The van der Waals surface area contributed by atoms with Crippen molar-refractivity contribution in [3.05, 3.63) is 18.0 Å². The lowest BCUT2D eigenvalue weighted by atomic mass is 9.95. The van der Waals surface area contributed by atoms with Gasteiger partial charge in [0.05, 0.1) is 5.25 Å². The Hall–Kier alpha value is -0.880. The number of nitrogens with zero attached hydrogens (tertiary/aromatic N) is 2. The minimum atomic E-state index is -3.09. The highest BCUT2D eigenvalue weighted by Crippen LogP contribution is 2.29. The van der Waals surface area contributed by atoms with Gasteiger partial charge in [-0.2, -0.15) is 5.10 Å². The highest BCUT2D eigenvalue weighted by molar-refractivity contribution is 7.89. The molecule has 2 fully saturated rings. The largest absolute Gasteiger partial charge is 0.283 e. The van der Waals surface area contributed by atoms with E-state index in [0.717, 1.165) is 50.6 Å². The second-order valence-electron chi connectivity index (χ2n) is 6.46. The maximum absolute atomic E-state index is 12.8. The van der Waals surface area contributed by atoms with E-state index >= 15 is 0 Å². The Morgan fingerprint density at radius 3 is 2.71 bits per heavy atom. The molecule has 1 aromatic rings. The number of hydrogen-bond acceptors (Lipinski definition) is 3. The molecule has 1 atom stereocenters. The molecule has 1 aromatic heterocycles. The molecule has 0 aromatic carbocycles.